The minimum Gasteiger partial charge on any atom is -0.858 e. The van der Waals surface area contributed by atoms with Gasteiger partial charge in [-0.1, -0.05) is 23.9 Å². The van der Waals surface area contributed by atoms with Crippen LogP contribution in [0.3, 0.4) is 0 Å². The lowest BCUT2D eigenvalue weighted by Crippen LogP contribution is -2.18. The zero-order valence-corrected chi connectivity index (χ0v) is 20.8. The zero-order valence-electron chi connectivity index (χ0n) is 20.0. The molecule has 0 atom stereocenters. The van der Waals surface area contributed by atoms with Crippen molar-refractivity contribution >= 4 is 57.3 Å². The van der Waals surface area contributed by atoms with Gasteiger partial charge < -0.3 is 16.2 Å². The standard InChI is InChI=1S/C27H21N7O3S/c1-16-14-25(33-27(28)30-16)38-21-9-6-19(7-10-21)32-26(35)17-2-4-18(5-3-17)31-24-12-13-29-23-11-8-20(34(36)37)15-22(23)24/h2-15H,1H3,(H,29,31)(H,32,35)(H2,28,30,33)/p-1. The van der Waals surface area contributed by atoms with Gasteiger partial charge in [-0.15, -0.1) is 0 Å². The zero-order chi connectivity index (χ0) is 26.6. The summed E-state index contributed by atoms with van der Waals surface area (Å²) in [5.41, 5.74) is 9.46. The summed E-state index contributed by atoms with van der Waals surface area (Å²) in [7, 11) is 0. The fraction of sp³-hybridized carbons (Fsp3) is 0.0370. The molecule has 5 rings (SSSR count). The number of aromatic nitrogens is 3. The highest BCUT2D eigenvalue weighted by molar-refractivity contribution is 7.99. The third-order valence-corrected chi connectivity index (χ3v) is 6.41. The van der Waals surface area contributed by atoms with Crippen LogP contribution in [0.25, 0.3) is 10.9 Å². The molecule has 0 aliphatic rings. The minimum atomic E-state index is -0.443. The van der Waals surface area contributed by atoms with Gasteiger partial charge in [0.25, 0.3) is 5.69 Å². The monoisotopic (exact) mass is 522 g/mol. The first-order chi connectivity index (χ1) is 18.3. The molecular weight excluding hydrogens is 502 g/mol. The first kappa shape index (κ1) is 24.7. The van der Waals surface area contributed by atoms with Gasteiger partial charge in [0, 0.05) is 45.7 Å². The highest BCUT2D eigenvalue weighted by atomic mass is 32.2. The fourth-order valence-corrected chi connectivity index (χ4v) is 4.60. The van der Waals surface area contributed by atoms with Crippen LogP contribution < -0.4 is 16.2 Å². The van der Waals surface area contributed by atoms with Crippen molar-refractivity contribution in [2.75, 3.05) is 11.1 Å². The number of hydrogen-bond acceptors (Lipinski definition) is 10. The molecule has 0 saturated heterocycles. The quantitative estimate of drug-likeness (QED) is 0.0969. The van der Waals surface area contributed by atoms with Crippen LogP contribution in [0.1, 0.15) is 11.3 Å². The van der Waals surface area contributed by atoms with Crippen LogP contribution in [0.4, 0.5) is 28.7 Å². The van der Waals surface area contributed by atoms with Crippen LogP contribution in [0.5, 0.6) is 0 Å². The number of nitrogens with one attached hydrogen (secondary N) is 1. The van der Waals surface area contributed by atoms with E-state index in [4.69, 9.17) is 5.73 Å². The van der Waals surface area contributed by atoms with Gasteiger partial charge in [0.1, 0.15) is 5.03 Å². The third kappa shape index (κ3) is 5.68. The number of aliphatic imine (C=N–C) groups is 1. The van der Waals surface area contributed by atoms with Crippen LogP contribution in [-0.4, -0.2) is 25.8 Å². The molecule has 3 aromatic carbocycles. The van der Waals surface area contributed by atoms with E-state index in [2.05, 4.69) is 25.3 Å². The van der Waals surface area contributed by atoms with Gasteiger partial charge >= 0.3 is 0 Å². The van der Waals surface area contributed by atoms with Crippen molar-refractivity contribution < 1.29 is 10.0 Å². The summed E-state index contributed by atoms with van der Waals surface area (Å²) in [6.45, 7) is 1.85. The molecule has 0 fully saturated rings. The second-order valence-electron chi connectivity index (χ2n) is 8.24. The first-order valence-electron chi connectivity index (χ1n) is 11.4. The Hall–Kier alpha value is -5.03. The number of aryl methyl sites for hydroxylation is 1. The number of nitro benzene ring substituents is 1. The predicted octanol–water partition coefficient (Wildman–Crippen LogP) is 5.16. The Morgan fingerprint density at radius 2 is 1.76 bits per heavy atom. The third-order valence-electron chi connectivity index (χ3n) is 5.48. The Labute approximate surface area is 221 Å². The lowest BCUT2D eigenvalue weighted by molar-refractivity contribution is -0.384. The topological polar surface area (TPSA) is 155 Å². The summed E-state index contributed by atoms with van der Waals surface area (Å²) in [5, 5.41) is 28.5. The fourth-order valence-electron chi connectivity index (χ4n) is 3.71. The van der Waals surface area contributed by atoms with Crippen molar-refractivity contribution in [3.8, 4) is 0 Å². The maximum absolute atomic E-state index is 12.7. The van der Waals surface area contributed by atoms with Crippen LogP contribution >= 0.6 is 11.8 Å². The number of rotatable bonds is 7. The summed E-state index contributed by atoms with van der Waals surface area (Å²) >= 11 is 1.44. The lowest BCUT2D eigenvalue weighted by atomic mass is 10.1. The smallest absolute Gasteiger partial charge is 0.270 e. The van der Waals surface area contributed by atoms with E-state index < -0.39 is 4.92 Å². The summed E-state index contributed by atoms with van der Waals surface area (Å²) in [6.07, 6.45) is 1.63. The molecule has 0 aliphatic heterocycles. The van der Waals surface area contributed by atoms with Crippen molar-refractivity contribution in [1.82, 2.24) is 15.0 Å². The van der Waals surface area contributed by atoms with Crippen molar-refractivity contribution in [1.29, 1.82) is 0 Å². The lowest BCUT2D eigenvalue weighted by Gasteiger charge is -2.13. The Balaban J connectivity index is 1.29. The molecule has 0 unspecified atom stereocenters. The van der Waals surface area contributed by atoms with Crippen molar-refractivity contribution in [3.05, 3.63) is 106 Å². The molecule has 188 valence electrons. The molecule has 2 aromatic heterocycles. The molecule has 0 aliphatic carbocycles. The number of non-ortho nitro benzene ring substituents is 1. The van der Waals surface area contributed by atoms with Gasteiger partial charge in [-0.05, 0) is 73.0 Å². The molecule has 11 heteroatoms. The van der Waals surface area contributed by atoms with Crippen molar-refractivity contribution in [2.45, 2.75) is 16.8 Å². The summed E-state index contributed by atoms with van der Waals surface area (Å²) in [5.74, 6) is -0.148. The van der Waals surface area contributed by atoms with E-state index in [9.17, 15) is 15.2 Å². The Morgan fingerprint density at radius 1 is 1.00 bits per heavy atom. The second kappa shape index (κ2) is 10.5. The van der Waals surface area contributed by atoms with Crippen LogP contribution in [-0.2, 0) is 0 Å². The predicted molar refractivity (Wildman–Crippen MR) is 146 cm³/mol. The number of anilines is 3. The molecule has 38 heavy (non-hydrogen) atoms. The highest BCUT2D eigenvalue weighted by Crippen LogP contribution is 2.30. The maximum atomic E-state index is 12.7. The SMILES string of the molecule is Cc1cc(Sc2ccc(N=C([O-])c3ccc(Nc4ccnc5ccc([N+](=O)[O-])cc45)cc3)cc2)nc(N)n1. The van der Waals surface area contributed by atoms with Gasteiger partial charge in [0.2, 0.25) is 5.95 Å². The highest BCUT2D eigenvalue weighted by Gasteiger charge is 2.10. The molecule has 2 heterocycles. The molecule has 5 aromatic rings. The van der Waals surface area contributed by atoms with Gasteiger partial charge in [0.05, 0.1) is 16.1 Å². The molecule has 0 radical (unpaired) electrons. The van der Waals surface area contributed by atoms with Crippen LogP contribution in [0.2, 0.25) is 0 Å². The van der Waals surface area contributed by atoms with Crippen molar-refractivity contribution in [2.24, 2.45) is 4.99 Å². The largest absolute Gasteiger partial charge is 0.858 e. The normalized spacial score (nSPS) is 11.4. The molecule has 0 bridgehead atoms. The number of nitrogens with zero attached hydrogens (tertiary/aromatic N) is 5. The molecule has 3 N–H and O–H groups in total. The Morgan fingerprint density at radius 3 is 2.47 bits per heavy atom. The number of benzene rings is 3. The van der Waals surface area contributed by atoms with Crippen LogP contribution in [0, 0.1) is 17.0 Å². The summed E-state index contributed by atoms with van der Waals surface area (Å²) < 4.78 is 0. The Kier molecular flexibility index (Phi) is 6.83. The average Bonchev–Trinajstić information content (AvgIpc) is 2.89. The van der Waals surface area contributed by atoms with Gasteiger partial charge in [-0.2, -0.15) is 0 Å². The van der Waals surface area contributed by atoms with E-state index in [0.717, 1.165) is 15.6 Å². The number of fused-ring (bicyclic) bond motifs is 1. The van der Waals surface area contributed by atoms with Gasteiger partial charge in [-0.25, -0.2) is 9.97 Å². The van der Waals surface area contributed by atoms with E-state index in [1.165, 1.54) is 23.9 Å². The van der Waals surface area contributed by atoms with Crippen molar-refractivity contribution in [3.63, 3.8) is 0 Å². The summed E-state index contributed by atoms with van der Waals surface area (Å²) in [4.78, 5) is 28.4. The summed E-state index contributed by atoms with van der Waals surface area (Å²) in [6, 6.07) is 22.2. The van der Waals surface area contributed by atoms with E-state index in [0.29, 0.717) is 33.5 Å². The van der Waals surface area contributed by atoms with E-state index in [-0.39, 0.29) is 17.5 Å². The van der Waals surface area contributed by atoms with Gasteiger partial charge in [0.15, 0.2) is 0 Å². The van der Waals surface area contributed by atoms with Gasteiger partial charge in [-0.3, -0.25) is 20.1 Å². The minimum absolute atomic E-state index is 0.0171. The number of hydrogen-bond donors (Lipinski definition) is 2. The van der Waals surface area contributed by atoms with E-state index >= 15 is 0 Å². The maximum Gasteiger partial charge on any atom is 0.270 e. The van der Waals surface area contributed by atoms with Crippen LogP contribution in [0.15, 0.2) is 100.0 Å². The molecular formula is C27H20N7O3S-. The first-order valence-corrected chi connectivity index (χ1v) is 12.2. The van der Waals surface area contributed by atoms with E-state index in [1.54, 1.807) is 54.7 Å². The number of nitrogen functional groups attached to an aromatic ring is 1. The second-order valence-corrected chi connectivity index (χ2v) is 9.33. The van der Waals surface area contributed by atoms with E-state index in [1.807, 2.05) is 25.1 Å². The number of pyridine rings is 1. The molecule has 0 saturated carbocycles. The number of nitrogens with two attached hydrogens (primary N) is 1. The molecule has 10 nitrogen and oxygen atoms in total. The molecule has 0 spiro atoms. The number of nitro groups is 1. The average molecular weight is 523 g/mol. The molecule has 0 amide bonds. The Bertz CT molecular complexity index is 1650.